The summed E-state index contributed by atoms with van der Waals surface area (Å²) < 4.78 is 27.2. The standard InChI is InChI=1S/C10H15N3O4S/c1-7-11-9(5-12(7)2)18(16,17)13(6-10(14)15)8-3-4-8/h5,8H,3-4,6H2,1-2H3,(H,14,15). The zero-order valence-electron chi connectivity index (χ0n) is 10.2. The molecule has 1 aliphatic carbocycles. The molecule has 1 aliphatic rings. The zero-order chi connectivity index (χ0) is 13.5. The normalized spacial score (nSPS) is 16.2. The molecule has 8 heteroatoms. The molecule has 0 atom stereocenters. The van der Waals surface area contributed by atoms with E-state index >= 15 is 0 Å². The molecule has 0 saturated heterocycles. The third-order valence-electron chi connectivity index (χ3n) is 2.90. The molecule has 100 valence electrons. The first kappa shape index (κ1) is 13.0. The van der Waals surface area contributed by atoms with E-state index in [4.69, 9.17) is 5.11 Å². The lowest BCUT2D eigenvalue weighted by atomic mass is 10.6. The van der Waals surface area contributed by atoms with Gasteiger partial charge >= 0.3 is 5.97 Å². The minimum atomic E-state index is -3.81. The lowest BCUT2D eigenvalue weighted by Gasteiger charge is -2.17. The summed E-state index contributed by atoms with van der Waals surface area (Å²) >= 11 is 0. The number of hydrogen-bond donors (Lipinski definition) is 1. The first-order valence-electron chi connectivity index (χ1n) is 5.56. The maximum Gasteiger partial charge on any atom is 0.318 e. The summed E-state index contributed by atoms with van der Waals surface area (Å²) in [6.07, 6.45) is 2.82. The van der Waals surface area contributed by atoms with Crippen molar-refractivity contribution in [1.82, 2.24) is 13.9 Å². The van der Waals surface area contributed by atoms with Gasteiger partial charge in [-0.1, -0.05) is 0 Å². The quantitative estimate of drug-likeness (QED) is 0.813. The van der Waals surface area contributed by atoms with Crippen molar-refractivity contribution >= 4 is 16.0 Å². The molecule has 0 aromatic carbocycles. The van der Waals surface area contributed by atoms with Crippen LogP contribution < -0.4 is 0 Å². The van der Waals surface area contributed by atoms with Crippen molar-refractivity contribution in [2.45, 2.75) is 30.8 Å². The molecule has 1 aromatic heterocycles. The summed E-state index contributed by atoms with van der Waals surface area (Å²) in [5, 5.41) is 8.71. The average Bonchev–Trinajstić information content (AvgIpc) is 3.02. The van der Waals surface area contributed by atoms with Crippen molar-refractivity contribution in [3.63, 3.8) is 0 Å². The van der Waals surface area contributed by atoms with E-state index in [1.165, 1.54) is 6.20 Å². The molecule has 18 heavy (non-hydrogen) atoms. The minimum Gasteiger partial charge on any atom is -0.480 e. The smallest absolute Gasteiger partial charge is 0.318 e. The number of imidazole rings is 1. The molecule has 1 saturated carbocycles. The largest absolute Gasteiger partial charge is 0.480 e. The molecule has 0 spiro atoms. The molecule has 0 unspecified atom stereocenters. The van der Waals surface area contributed by atoms with Gasteiger partial charge in [0.15, 0.2) is 5.03 Å². The average molecular weight is 273 g/mol. The van der Waals surface area contributed by atoms with Crippen LogP contribution in [0.4, 0.5) is 0 Å². The summed E-state index contributed by atoms with van der Waals surface area (Å²) in [5.74, 6) is -0.585. The minimum absolute atomic E-state index is 0.0874. The number of aliphatic carboxylic acids is 1. The fraction of sp³-hybridized carbons (Fsp3) is 0.600. The highest BCUT2D eigenvalue weighted by atomic mass is 32.2. The van der Waals surface area contributed by atoms with Crippen LogP contribution in [0.15, 0.2) is 11.2 Å². The Kier molecular flexibility index (Phi) is 3.16. The van der Waals surface area contributed by atoms with Gasteiger partial charge in [0.25, 0.3) is 10.0 Å². The third kappa shape index (κ3) is 2.39. The number of nitrogens with zero attached hydrogens (tertiary/aromatic N) is 3. The maximum absolute atomic E-state index is 12.3. The van der Waals surface area contributed by atoms with Gasteiger partial charge in [-0.15, -0.1) is 0 Å². The second-order valence-corrected chi connectivity index (χ2v) is 6.25. The Labute approximate surface area is 105 Å². The van der Waals surface area contributed by atoms with Crippen molar-refractivity contribution in [3.8, 4) is 0 Å². The molecule has 1 aromatic rings. The highest BCUT2D eigenvalue weighted by Gasteiger charge is 2.40. The Hall–Kier alpha value is -1.41. The maximum atomic E-state index is 12.3. The Morgan fingerprint density at radius 1 is 1.61 bits per heavy atom. The van der Waals surface area contributed by atoms with Gasteiger partial charge in [0.1, 0.15) is 12.4 Å². The second-order valence-electron chi connectivity index (χ2n) is 4.41. The molecule has 1 fully saturated rings. The van der Waals surface area contributed by atoms with Crippen LogP contribution in [0.3, 0.4) is 0 Å². The predicted molar refractivity (Wildman–Crippen MR) is 62.5 cm³/mol. The van der Waals surface area contributed by atoms with Gasteiger partial charge in [-0.25, -0.2) is 13.4 Å². The molecule has 0 amide bonds. The van der Waals surface area contributed by atoms with Crippen LogP contribution in [0.25, 0.3) is 0 Å². The van der Waals surface area contributed by atoms with E-state index in [-0.39, 0.29) is 11.1 Å². The van der Waals surface area contributed by atoms with E-state index in [2.05, 4.69) is 4.98 Å². The summed E-state index contributed by atoms with van der Waals surface area (Å²) in [6, 6.07) is -0.201. The van der Waals surface area contributed by atoms with Crippen LogP contribution in [-0.4, -0.2) is 45.9 Å². The molecule has 0 radical (unpaired) electrons. The monoisotopic (exact) mass is 273 g/mol. The number of carbonyl (C=O) groups is 1. The lowest BCUT2D eigenvalue weighted by Crippen LogP contribution is -2.37. The number of aromatic nitrogens is 2. The van der Waals surface area contributed by atoms with E-state index in [0.717, 1.165) is 4.31 Å². The lowest BCUT2D eigenvalue weighted by molar-refractivity contribution is -0.137. The summed E-state index contributed by atoms with van der Waals surface area (Å²) in [4.78, 5) is 14.7. The fourth-order valence-corrected chi connectivity index (χ4v) is 3.34. The van der Waals surface area contributed by atoms with E-state index in [1.807, 2.05) is 0 Å². The number of sulfonamides is 1. The van der Waals surface area contributed by atoms with Crippen LogP contribution in [0, 0.1) is 6.92 Å². The fourth-order valence-electron chi connectivity index (χ4n) is 1.68. The molecule has 0 aliphatic heterocycles. The number of hydrogen-bond acceptors (Lipinski definition) is 4. The number of rotatable bonds is 5. The predicted octanol–water partition coefficient (Wildman–Crippen LogP) is -0.0338. The van der Waals surface area contributed by atoms with Gasteiger partial charge in [-0.05, 0) is 19.8 Å². The topological polar surface area (TPSA) is 92.5 Å². The van der Waals surface area contributed by atoms with E-state index in [0.29, 0.717) is 18.7 Å². The molecule has 0 bridgehead atoms. The van der Waals surface area contributed by atoms with E-state index in [1.54, 1.807) is 18.5 Å². The van der Waals surface area contributed by atoms with Crippen LogP contribution in [0.2, 0.25) is 0 Å². The molecule has 1 N–H and O–H groups in total. The van der Waals surface area contributed by atoms with E-state index < -0.39 is 22.5 Å². The summed E-state index contributed by atoms with van der Waals surface area (Å²) in [7, 11) is -2.12. The Morgan fingerprint density at radius 3 is 2.61 bits per heavy atom. The van der Waals surface area contributed by atoms with Gasteiger partial charge in [-0.2, -0.15) is 4.31 Å². The van der Waals surface area contributed by atoms with Crippen molar-refractivity contribution in [2.75, 3.05) is 6.54 Å². The van der Waals surface area contributed by atoms with Crippen LogP contribution in [0.1, 0.15) is 18.7 Å². The van der Waals surface area contributed by atoms with Gasteiger partial charge in [-0.3, -0.25) is 4.79 Å². The second kappa shape index (κ2) is 4.36. The first-order valence-corrected chi connectivity index (χ1v) is 7.00. The van der Waals surface area contributed by atoms with E-state index in [9.17, 15) is 13.2 Å². The number of aryl methyl sites for hydroxylation is 2. The van der Waals surface area contributed by atoms with Gasteiger partial charge < -0.3 is 9.67 Å². The van der Waals surface area contributed by atoms with Crippen LogP contribution >= 0.6 is 0 Å². The van der Waals surface area contributed by atoms with Crippen LogP contribution in [-0.2, 0) is 21.9 Å². The highest BCUT2D eigenvalue weighted by Crippen LogP contribution is 2.31. The Balaban J connectivity index is 2.35. The van der Waals surface area contributed by atoms with Gasteiger partial charge in [0, 0.05) is 19.3 Å². The summed E-state index contributed by atoms with van der Waals surface area (Å²) in [6.45, 7) is 1.18. The zero-order valence-corrected chi connectivity index (χ0v) is 11.0. The molecule has 7 nitrogen and oxygen atoms in total. The van der Waals surface area contributed by atoms with Gasteiger partial charge in [0.05, 0.1) is 0 Å². The SMILES string of the molecule is Cc1nc(S(=O)(=O)N(CC(=O)O)C2CC2)cn1C. The molecule has 2 rings (SSSR count). The first-order chi connectivity index (χ1) is 8.32. The number of carboxylic acid groups (broad SMARTS) is 1. The van der Waals surface area contributed by atoms with Crippen molar-refractivity contribution < 1.29 is 18.3 Å². The molecule has 1 heterocycles. The third-order valence-corrected chi connectivity index (χ3v) is 4.67. The molecular weight excluding hydrogens is 258 g/mol. The highest BCUT2D eigenvalue weighted by molar-refractivity contribution is 7.89. The van der Waals surface area contributed by atoms with Crippen molar-refractivity contribution in [3.05, 3.63) is 12.0 Å². The molecular formula is C10H15N3O4S. The van der Waals surface area contributed by atoms with Gasteiger partial charge in [0.2, 0.25) is 0 Å². The van der Waals surface area contributed by atoms with Crippen LogP contribution in [0.5, 0.6) is 0 Å². The Morgan fingerprint density at radius 2 is 2.22 bits per heavy atom. The van der Waals surface area contributed by atoms with Crippen molar-refractivity contribution in [2.24, 2.45) is 7.05 Å². The summed E-state index contributed by atoms with van der Waals surface area (Å²) in [5.41, 5.74) is 0. The Bertz CT molecular complexity index is 554. The number of carboxylic acids is 1. The van der Waals surface area contributed by atoms with Crippen molar-refractivity contribution in [1.29, 1.82) is 0 Å².